The van der Waals surface area contributed by atoms with E-state index in [4.69, 9.17) is 13.6 Å². The molecule has 0 atom stereocenters. The maximum Gasteiger partial charge on any atom is 0.335 e. The van der Waals surface area contributed by atoms with Crippen LogP contribution in [-0.4, -0.2) is 0 Å². The molecule has 0 fully saturated rings. The molecule has 4 heteroatoms. The first-order chi connectivity index (χ1) is 33.5. The normalized spacial score (nSPS) is 13.3. The van der Waals surface area contributed by atoms with Crippen molar-refractivity contribution in [2.24, 2.45) is 0 Å². The molecule has 0 aliphatic rings. The van der Waals surface area contributed by atoms with E-state index in [1.807, 2.05) is 0 Å². The van der Waals surface area contributed by atoms with Gasteiger partial charge < -0.3 is 0 Å². The SMILES string of the molecule is Cc1cccc(C(C)(C)C)c1C(OP(OC(c1c(C)cccc1C(C)(C)C)c1c(C)cccc1C(C)(C)C)OC(c1c(C)cccc1C(C)(C)C)c1c(C)cccc1C(C)(C)C)c1c(C)cccc1C(C)(C)C. The van der Waals surface area contributed by atoms with Gasteiger partial charge in [0.2, 0.25) is 0 Å². The van der Waals surface area contributed by atoms with Crippen LogP contribution < -0.4 is 0 Å². The van der Waals surface area contributed by atoms with Crippen molar-refractivity contribution in [3.63, 3.8) is 0 Å². The van der Waals surface area contributed by atoms with Crippen molar-refractivity contribution in [2.45, 2.75) is 217 Å². The van der Waals surface area contributed by atoms with Gasteiger partial charge in [-0.15, -0.1) is 0 Å². The van der Waals surface area contributed by atoms with Crippen molar-refractivity contribution in [3.8, 4) is 0 Å². The fourth-order valence-corrected chi connectivity index (χ4v) is 12.5. The second-order valence-corrected chi connectivity index (χ2v) is 28.5. The Labute approximate surface area is 446 Å². The fraction of sp³-hybridized carbons (Fsp3) is 0.478. The van der Waals surface area contributed by atoms with Crippen molar-refractivity contribution in [2.75, 3.05) is 0 Å². The minimum Gasteiger partial charge on any atom is -0.299 e. The van der Waals surface area contributed by atoms with E-state index >= 15 is 0 Å². The van der Waals surface area contributed by atoms with E-state index in [1.54, 1.807) is 0 Å². The monoisotopic (exact) mass is 1000 g/mol. The lowest BCUT2D eigenvalue weighted by atomic mass is 9.75. The minimum atomic E-state index is -2.28. The van der Waals surface area contributed by atoms with Crippen molar-refractivity contribution in [1.82, 2.24) is 0 Å². The molecule has 6 aromatic rings. The van der Waals surface area contributed by atoms with E-state index in [0.717, 1.165) is 33.4 Å². The quantitative estimate of drug-likeness (QED) is 0.114. The average molecular weight is 1000 g/mol. The predicted molar refractivity (Wildman–Crippen MR) is 315 cm³/mol. The Bertz CT molecular complexity index is 2400. The molecule has 6 rings (SSSR count). The first-order valence-corrected chi connectivity index (χ1v) is 28.0. The molecular formula is C69H93O3P. The first-order valence-electron chi connectivity index (χ1n) is 27.0. The van der Waals surface area contributed by atoms with Gasteiger partial charge in [-0.25, -0.2) is 0 Å². The average Bonchev–Trinajstić information content (AvgIpc) is 3.25. The molecule has 73 heavy (non-hydrogen) atoms. The summed E-state index contributed by atoms with van der Waals surface area (Å²) in [6.45, 7) is 55.3. The maximum atomic E-state index is 8.28. The molecule has 6 aromatic carbocycles. The lowest BCUT2D eigenvalue weighted by Gasteiger charge is -2.39. The second-order valence-electron chi connectivity index (χ2n) is 27.4. The Kier molecular flexibility index (Phi) is 16.9. The number of hydrogen-bond donors (Lipinski definition) is 0. The molecule has 0 heterocycles. The maximum absolute atomic E-state index is 8.28. The predicted octanol–water partition coefficient (Wildman–Crippen LogP) is 20.3. The molecule has 392 valence electrons. The number of benzene rings is 6. The molecule has 0 spiro atoms. The van der Waals surface area contributed by atoms with Crippen molar-refractivity contribution in [3.05, 3.63) is 209 Å². The Morgan fingerprint density at radius 2 is 0.384 bits per heavy atom. The van der Waals surface area contributed by atoms with Crippen LogP contribution in [0.15, 0.2) is 109 Å². The fourth-order valence-electron chi connectivity index (χ4n) is 11.2. The molecule has 0 aliphatic carbocycles. The highest BCUT2D eigenvalue weighted by Gasteiger charge is 2.42. The van der Waals surface area contributed by atoms with Gasteiger partial charge in [0, 0.05) is 0 Å². The van der Waals surface area contributed by atoms with Gasteiger partial charge in [-0.3, -0.25) is 13.6 Å². The molecule has 0 saturated heterocycles. The van der Waals surface area contributed by atoms with Crippen LogP contribution in [-0.2, 0) is 46.1 Å². The molecule has 0 amide bonds. The summed E-state index contributed by atoms with van der Waals surface area (Å²) >= 11 is 0. The number of hydrogen-bond acceptors (Lipinski definition) is 3. The van der Waals surface area contributed by atoms with Crippen LogP contribution in [0, 0.1) is 41.5 Å². The van der Waals surface area contributed by atoms with E-state index in [-0.39, 0.29) is 32.5 Å². The molecule has 0 N–H and O–H groups in total. The summed E-state index contributed by atoms with van der Waals surface area (Å²) in [6.07, 6.45) is -1.68. The van der Waals surface area contributed by atoms with Gasteiger partial charge in [0.05, 0.1) is 0 Å². The summed E-state index contributed by atoms with van der Waals surface area (Å²) in [7, 11) is -2.28. The standard InChI is InChI=1S/C69H93O3P/c1-43-31-25-37-49(64(7,8)9)55(43)61(56-44(2)32-26-38-50(56)65(10,11)12)70-73(71-62(57-45(3)33-27-39-51(57)66(13,14)15)58-46(4)34-28-40-52(58)67(16,17)18)72-63(59-47(5)35-29-41-53(59)68(19,20)21)60-48(6)36-30-42-54(60)69(22,23)24/h25-42,61-63H,1-24H3. The zero-order chi connectivity index (χ0) is 54.6. The lowest BCUT2D eigenvalue weighted by Crippen LogP contribution is -2.26. The summed E-state index contributed by atoms with van der Waals surface area (Å²) in [4.78, 5) is 0. The molecule has 0 unspecified atom stereocenters. The highest BCUT2D eigenvalue weighted by Crippen LogP contribution is 2.60. The van der Waals surface area contributed by atoms with Gasteiger partial charge in [-0.1, -0.05) is 234 Å². The lowest BCUT2D eigenvalue weighted by molar-refractivity contribution is 0.0918. The molecule has 0 aliphatic heterocycles. The minimum absolute atomic E-state index is 0.208. The molecular weight excluding hydrogens is 908 g/mol. The van der Waals surface area contributed by atoms with Crippen LogP contribution in [0.1, 0.15) is 243 Å². The summed E-state index contributed by atoms with van der Waals surface area (Å²) in [5.41, 5.74) is 20.3. The number of rotatable bonds is 12. The summed E-state index contributed by atoms with van der Waals surface area (Å²) in [5.74, 6) is 0. The third kappa shape index (κ3) is 12.7. The first kappa shape index (κ1) is 57.9. The van der Waals surface area contributed by atoms with Crippen molar-refractivity contribution in [1.29, 1.82) is 0 Å². The van der Waals surface area contributed by atoms with Crippen LogP contribution in [0.25, 0.3) is 0 Å². The molecule has 0 saturated carbocycles. The van der Waals surface area contributed by atoms with E-state index in [9.17, 15) is 0 Å². The largest absolute Gasteiger partial charge is 0.335 e. The van der Waals surface area contributed by atoms with Gasteiger partial charge in [-0.05, 0) is 174 Å². The molecule has 0 radical (unpaired) electrons. The van der Waals surface area contributed by atoms with Gasteiger partial charge in [0.1, 0.15) is 18.3 Å². The van der Waals surface area contributed by atoms with Gasteiger partial charge in [0.15, 0.2) is 0 Å². The van der Waals surface area contributed by atoms with E-state index in [2.05, 4.69) is 275 Å². The third-order valence-electron chi connectivity index (χ3n) is 14.9. The second kappa shape index (κ2) is 21.3. The Balaban J connectivity index is 1.85. The van der Waals surface area contributed by atoms with E-state index in [0.29, 0.717) is 0 Å². The van der Waals surface area contributed by atoms with Crippen LogP contribution in [0.4, 0.5) is 0 Å². The highest BCUT2D eigenvalue weighted by atomic mass is 31.2. The molecule has 3 nitrogen and oxygen atoms in total. The zero-order valence-electron chi connectivity index (χ0n) is 49.8. The Morgan fingerprint density at radius 3 is 0.507 bits per heavy atom. The van der Waals surface area contributed by atoms with E-state index in [1.165, 1.54) is 66.8 Å². The number of aryl methyl sites for hydroxylation is 6. The topological polar surface area (TPSA) is 27.7 Å². The zero-order valence-corrected chi connectivity index (χ0v) is 50.7. The van der Waals surface area contributed by atoms with Crippen molar-refractivity contribution >= 4 is 8.60 Å². The van der Waals surface area contributed by atoms with Gasteiger partial charge in [-0.2, -0.15) is 0 Å². The Morgan fingerprint density at radius 1 is 0.247 bits per heavy atom. The smallest absolute Gasteiger partial charge is 0.299 e. The van der Waals surface area contributed by atoms with E-state index < -0.39 is 26.9 Å². The highest BCUT2D eigenvalue weighted by molar-refractivity contribution is 7.41. The summed E-state index contributed by atoms with van der Waals surface area (Å²) in [5, 5.41) is 0. The van der Waals surface area contributed by atoms with Crippen LogP contribution in [0.3, 0.4) is 0 Å². The van der Waals surface area contributed by atoms with Crippen LogP contribution in [0.2, 0.25) is 0 Å². The molecule has 0 bridgehead atoms. The molecule has 0 aromatic heterocycles. The van der Waals surface area contributed by atoms with Crippen LogP contribution >= 0.6 is 8.60 Å². The summed E-state index contributed by atoms with van der Waals surface area (Å²) < 4.78 is 24.9. The van der Waals surface area contributed by atoms with Crippen molar-refractivity contribution < 1.29 is 13.6 Å². The van der Waals surface area contributed by atoms with Crippen LogP contribution in [0.5, 0.6) is 0 Å². The third-order valence-corrected chi connectivity index (χ3v) is 16.1. The Hall–Kier alpha value is -4.37. The van der Waals surface area contributed by atoms with Gasteiger partial charge in [0.25, 0.3) is 0 Å². The summed E-state index contributed by atoms with van der Waals surface area (Å²) in [6, 6.07) is 40.6. The van der Waals surface area contributed by atoms with Gasteiger partial charge >= 0.3 is 8.60 Å².